The van der Waals surface area contributed by atoms with E-state index in [-0.39, 0.29) is 47.4 Å². The smallest absolute Gasteiger partial charge is 0.304 e. The second-order valence-corrected chi connectivity index (χ2v) is 1.55. The molecule has 0 aliphatic rings. The van der Waals surface area contributed by atoms with E-state index in [4.69, 9.17) is 5.11 Å². The topological polar surface area (TPSA) is 47.9 Å². The first-order valence-electron chi connectivity index (χ1n) is 2.50. The Morgan fingerprint density at radius 3 is 1.70 bits per heavy atom. The average Bonchev–Trinajstić information content (AvgIpc) is 1.89. The monoisotopic (exact) mass is 278 g/mol. The van der Waals surface area contributed by atoms with Gasteiger partial charge in [0.05, 0.1) is 0 Å². The molecular formula is C5H12NdO4. The molecule has 0 aliphatic heterocycles. The molecule has 0 aromatic rings. The SMILES string of the molecule is COCC(O)(OC)OC.[Nd]. The van der Waals surface area contributed by atoms with Gasteiger partial charge in [0.1, 0.15) is 6.61 Å². The van der Waals surface area contributed by atoms with Crippen LogP contribution in [0.4, 0.5) is 0 Å². The van der Waals surface area contributed by atoms with E-state index in [0.717, 1.165) is 0 Å². The summed E-state index contributed by atoms with van der Waals surface area (Å²) in [6, 6.07) is 0. The van der Waals surface area contributed by atoms with E-state index in [0.29, 0.717) is 0 Å². The molecule has 0 saturated heterocycles. The third kappa shape index (κ3) is 4.92. The van der Waals surface area contributed by atoms with E-state index in [1.54, 1.807) is 0 Å². The first-order chi connectivity index (χ1) is 4.18. The first kappa shape index (κ1) is 13.8. The molecule has 60 valence electrons. The zero-order chi connectivity index (χ0) is 7.33. The summed E-state index contributed by atoms with van der Waals surface area (Å²) in [6.07, 6.45) is 0. The van der Waals surface area contributed by atoms with Gasteiger partial charge in [0, 0.05) is 62.2 Å². The number of rotatable bonds is 4. The molecule has 0 bridgehead atoms. The Morgan fingerprint density at radius 2 is 1.60 bits per heavy atom. The Balaban J connectivity index is 0. The van der Waals surface area contributed by atoms with Gasteiger partial charge in [-0.25, -0.2) is 0 Å². The van der Waals surface area contributed by atoms with Crippen LogP contribution >= 0.6 is 0 Å². The van der Waals surface area contributed by atoms with E-state index in [1.807, 2.05) is 0 Å². The first-order valence-corrected chi connectivity index (χ1v) is 2.50. The van der Waals surface area contributed by atoms with Crippen molar-refractivity contribution in [2.45, 2.75) is 5.97 Å². The molecule has 0 atom stereocenters. The Bertz CT molecular complexity index is 74.0. The van der Waals surface area contributed by atoms with Crippen molar-refractivity contribution in [3.63, 3.8) is 0 Å². The maximum Gasteiger partial charge on any atom is 0.304 e. The molecule has 0 aromatic carbocycles. The number of ether oxygens (including phenoxy) is 3. The molecule has 0 aliphatic carbocycles. The van der Waals surface area contributed by atoms with Crippen LogP contribution in [0.25, 0.3) is 0 Å². The summed E-state index contributed by atoms with van der Waals surface area (Å²) >= 11 is 0. The van der Waals surface area contributed by atoms with Gasteiger partial charge >= 0.3 is 5.97 Å². The fourth-order valence-corrected chi connectivity index (χ4v) is 0.384. The zero-order valence-corrected chi connectivity index (χ0v) is 9.59. The minimum atomic E-state index is -1.59. The van der Waals surface area contributed by atoms with Crippen LogP contribution in [0.15, 0.2) is 0 Å². The zero-order valence-electron chi connectivity index (χ0n) is 6.38. The molecule has 0 unspecified atom stereocenters. The third-order valence-electron chi connectivity index (χ3n) is 0.965. The average molecular weight is 280 g/mol. The molecule has 0 radical (unpaired) electrons. The van der Waals surface area contributed by atoms with Gasteiger partial charge in [-0.15, -0.1) is 0 Å². The van der Waals surface area contributed by atoms with Crippen LogP contribution in [0.2, 0.25) is 0 Å². The predicted octanol–water partition coefficient (Wildman–Crippen LogP) is -0.428. The van der Waals surface area contributed by atoms with Crippen molar-refractivity contribution in [3.8, 4) is 0 Å². The van der Waals surface area contributed by atoms with E-state index < -0.39 is 5.97 Å². The summed E-state index contributed by atoms with van der Waals surface area (Å²) in [4.78, 5) is 0. The Morgan fingerprint density at radius 1 is 1.20 bits per heavy atom. The second-order valence-electron chi connectivity index (χ2n) is 1.55. The van der Waals surface area contributed by atoms with Crippen molar-refractivity contribution in [2.24, 2.45) is 0 Å². The Hall–Kier alpha value is 1.19. The van der Waals surface area contributed by atoms with Gasteiger partial charge in [0.2, 0.25) is 0 Å². The van der Waals surface area contributed by atoms with E-state index in [9.17, 15) is 0 Å². The van der Waals surface area contributed by atoms with Crippen molar-refractivity contribution < 1.29 is 60.2 Å². The molecule has 0 spiro atoms. The Labute approximate surface area is 93.4 Å². The van der Waals surface area contributed by atoms with Crippen LogP contribution in [0.5, 0.6) is 0 Å². The number of methoxy groups -OCH3 is 3. The van der Waals surface area contributed by atoms with Gasteiger partial charge < -0.3 is 19.3 Å². The maximum absolute atomic E-state index is 9.06. The van der Waals surface area contributed by atoms with Crippen LogP contribution in [-0.4, -0.2) is 39.0 Å². The van der Waals surface area contributed by atoms with E-state index >= 15 is 0 Å². The van der Waals surface area contributed by atoms with Gasteiger partial charge in [0.25, 0.3) is 0 Å². The summed E-state index contributed by atoms with van der Waals surface area (Å²) in [5, 5.41) is 9.06. The maximum atomic E-state index is 9.06. The van der Waals surface area contributed by atoms with Crippen LogP contribution in [-0.2, 0) is 14.2 Å². The summed E-state index contributed by atoms with van der Waals surface area (Å²) in [7, 11) is 4.12. The summed E-state index contributed by atoms with van der Waals surface area (Å²) in [5.74, 6) is -1.59. The minimum absolute atomic E-state index is 0. The van der Waals surface area contributed by atoms with Crippen molar-refractivity contribution in [2.75, 3.05) is 27.9 Å². The Kier molecular flexibility index (Phi) is 9.46. The second kappa shape index (κ2) is 6.87. The van der Waals surface area contributed by atoms with Crippen LogP contribution in [0, 0.1) is 40.8 Å². The van der Waals surface area contributed by atoms with E-state index in [2.05, 4.69) is 14.2 Å². The van der Waals surface area contributed by atoms with Crippen molar-refractivity contribution >= 4 is 0 Å². The molecular weight excluding hydrogens is 268 g/mol. The van der Waals surface area contributed by atoms with Crippen LogP contribution in [0.1, 0.15) is 0 Å². The molecule has 1 N–H and O–H groups in total. The fourth-order valence-electron chi connectivity index (χ4n) is 0.384. The van der Waals surface area contributed by atoms with E-state index in [1.165, 1.54) is 21.3 Å². The minimum Gasteiger partial charge on any atom is -0.376 e. The summed E-state index contributed by atoms with van der Waals surface area (Å²) in [5.41, 5.74) is 0. The van der Waals surface area contributed by atoms with Gasteiger partial charge in [-0.1, -0.05) is 0 Å². The molecule has 4 nitrogen and oxygen atoms in total. The molecule has 0 fully saturated rings. The van der Waals surface area contributed by atoms with Gasteiger partial charge in [-0.3, -0.25) is 0 Å². The van der Waals surface area contributed by atoms with Gasteiger partial charge in [-0.05, 0) is 0 Å². The van der Waals surface area contributed by atoms with Gasteiger partial charge in [0.15, 0.2) is 0 Å². The van der Waals surface area contributed by atoms with Crippen molar-refractivity contribution in [1.29, 1.82) is 0 Å². The molecule has 0 aromatic heterocycles. The molecule has 0 heterocycles. The molecule has 0 rings (SSSR count). The van der Waals surface area contributed by atoms with Crippen molar-refractivity contribution in [1.82, 2.24) is 0 Å². The fraction of sp³-hybridized carbons (Fsp3) is 1.00. The van der Waals surface area contributed by atoms with Crippen molar-refractivity contribution in [3.05, 3.63) is 0 Å². The largest absolute Gasteiger partial charge is 0.376 e. The molecule has 10 heavy (non-hydrogen) atoms. The van der Waals surface area contributed by atoms with Crippen LogP contribution < -0.4 is 0 Å². The summed E-state index contributed by atoms with van der Waals surface area (Å²) < 4.78 is 13.7. The molecule has 5 heteroatoms. The quantitative estimate of drug-likeness (QED) is 0.710. The third-order valence-corrected chi connectivity index (χ3v) is 0.965. The normalized spacial score (nSPS) is 10.8. The number of hydrogen-bond donors (Lipinski definition) is 1. The standard InChI is InChI=1S/C5H12O4.Nd/c1-7-4-5(6,8-2)9-3;/h6H,4H2,1-3H3;. The predicted molar refractivity (Wildman–Crippen MR) is 30.8 cm³/mol. The van der Waals surface area contributed by atoms with Gasteiger partial charge in [-0.2, -0.15) is 0 Å². The van der Waals surface area contributed by atoms with Crippen LogP contribution in [0.3, 0.4) is 0 Å². The summed E-state index contributed by atoms with van der Waals surface area (Å²) in [6.45, 7) is 0. The number of hydrogen-bond acceptors (Lipinski definition) is 4. The molecule has 0 amide bonds. The molecule has 0 saturated carbocycles. The number of aliphatic hydroxyl groups is 1.